The van der Waals surface area contributed by atoms with Crippen LogP contribution in [0, 0.1) is 6.92 Å². The van der Waals surface area contributed by atoms with Crippen molar-refractivity contribution in [2.75, 3.05) is 6.54 Å². The number of nitrogens with one attached hydrogen (secondary N) is 1. The summed E-state index contributed by atoms with van der Waals surface area (Å²) < 4.78 is 1.11. The van der Waals surface area contributed by atoms with Gasteiger partial charge in [-0.05, 0) is 38.4 Å². The van der Waals surface area contributed by atoms with E-state index >= 15 is 0 Å². The van der Waals surface area contributed by atoms with E-state index in [1.165, 1.54) is 16.0 Å². The molecule has 19 heavy (non-hydrogen) atoms. The third-order valence-corrected chi connectivity index (χ3v) is 4.88. The molecule has 2 aromatic rings. The first-order valence-corrected chi connectivity index (χ1v) is 8.18. The predicted octanol–water partition coefficient (Wildman–Crippen LogP) is 4.94. The van der Waals surface area contributed by atoms with E-state index in [1.54, 1.807) is 11.3 Å². The van der Waals surface area contributed by atoms with Crippen LogP contribution in [0.4, 0.5) is 0 Å². The van der Waals surface area contributed by atoms with Crippen molar-refractivity contribution < 1.29 is 0 Å². The van der Waals surface area contributed by atoms with Crippen LogP contribution in [-0.4, -0.2) is 11.5 Å². The number of aryl methyl sites for hydroxylation is 1. The Balaban J connectivity index is 2.20. The minimum absolute atomic E-state index is 0.371. The maximum atomic E-state index is 4.55. The van der Waals surface area contributed by atoms with E-state index in [0.717, 1.165) is 22.4 Å². The van der Waals surface area contributed by atoms with Crippen molar-refractivity contribution in [1.29, 1.82) is 0 Å². The molecule has 1 aromatic carbocycles. The molecule has 1 N–H and O–H groups in total. The van der Waals surface area contributed by atoms with Crippen molar-refractivity contribution in [3.05, 3.63) is 39.3 Å². The van der Waals surface area contributed by atoms with Crippen molar-refractivity contribution in [3.8, 4) is 10.6 Å². The highest BCUT2D eigenvalue weighted by Gasteiger charge is 2.12. The van der Waals surface area contributed by atoms with Crippen LogP contribution in [0.1, 0.15) is 36.8 Å². The van der Waals surface area contributed by atoms with Crippen molar-refractivity contribution >= 4 is 27.3 Å². The van der Waals surface area contributed by atoms with Crippen LogP contribution in [0.5, 0.6) is 0 Å². The molecule has 0 saturated heterocycles. The van der Waals surface area contributed by atoms with E-state index in [2.05, 4.69) is 65.2 Å². The van der Waals surface area contributed by atoms with Gasteiger partial charge in [0.2, 0.25) is 0 Å². The Hall–Kier alpha value is -0.710. The fourth-order valence-electron chi connectivity index (χ4n) is 1.87. The molecular weight excluding hydrogens is 320 g/mol. The van der Waals surface area contributed by atoms with Gasteiger partial charge in [0.25, 0.3) is 0 Å². The lowest BCUT2D eigenvalue weighted by Crippen LogP contribution is -2.18. The smallest absolute Gasteiger partial charge is 0.124 e. The molecule has 2 nitrogen and oxygen atoms in total. The van der Waals surface area contributed by atoms with Crippen LogP contribution in [0.3, 0.4) is 0 Å². The Morgan fingerprint density at radius 2 is 2.21 bits per heavy atom. The second kappa shape index (κ2) is 6.64. The average molecular weight is 339 g/mol. The predicted molar refractivity (Wildman–Crippen MR) is 86.7 cm³/mol. The fourth-order valence-corrected chi connectivity index (χ4v) is 3.66. The Kier molecular flexibility index (Phi) is 5.13. The van der Waals surface area contributed by atoms with Crippen LogP contribution < -0.4 is 5.32 Å². The number of nitrogens with zero attached hydrogens (tertiary/aromatic N) is 1. The van der Waals surface area contributed by atoms with E-state index in [1.807, 2.05) is 6.20 Å². The van der Waals surface area contributed by atoms with Crippen molar-refractivity contribution in [2.24, 2.45) is 0 Å². The Bertz CT molecular complexity index is 551. The molecule has 0 spiro atoms. The molecule has 0 radical (unpaired) electrons. The first-order chi connectivity index (χ1) is 9.11. The van der Waals surface area contributed by atoms with Crippen molar-refractivity contribution in [2.45, 2.75) is 33.2 Å². The standard InChI is InChI=1S/C15H19BrN2S/c1-4-7-17-11(3)14-9-18-15(19-14)12-6-5-10(2)8-13(12)16/h5-6,8-9,11,17H,4,7H2,1-3H3. The molecule has 2 rings (SSSR count). The number of thiazole rings is 1. The molecule has 0 saturated carbocycles. The summed E-state index contributed by atoms with van der Waals surface area (Å²) in [6.07, 6.45) is 3.14. The van der Waals surface area contributed by atoms with Gasteiger partial charge in [-0.25, -0.2) is 4.98 Å². The van der Waals surface area contributed by atoms with Gasteiger partial charge in [-0.15, -0.1) is 11.3 Å². The van der Waals surface area contributed by atoms with Gasteiger partial charge >= 0.3 is 0 Å². The van der Waals surface area contributed by atoms with Crippen LogP contribution in [0.2, 0.25) is 0 Å². The second-order valence-corrected chi connectivity index (χ2v) is 6.64. The van der Waals surface area contributed by atoms with E-state index < -0.39 is 0 Å². The largest absolute Gasteiger partial charge is 0.309 e. The Labute approximate surface area is 127 Å². The molecule has 0 fully saturated rings. The van der Waals surface area contributed by atoms with Crippen LogP contribution in [0.15, 0.2) is 28.9 Å². The Morgan fingerprint density at radius 1 is 1.42 bits per heavy atom. The molecule has 1 aromatic heterocycles. The summed E-state index contributed by atoms with van der Waals surface area (Å²) in [5, 5.41) is 4.57. The highest BCUT2D eigenvalue weighted by atomic mass is 79.9. The highest BCUT2D eigenvalue weighted by molar-refractivity contribution is 9.10. The number of hydrogen-bond donors (Lipinski definition) is 1. The topological polar surface area (TPSA) is 24.9 Å². The molecule has 0 amide bonds. The van der Waals surface area contributed by atoms with Gasteiger partial charge in [-0.2, -0.15) is 0 Å². The molecule has 1 atom stereocenters. The third-order valence-electron chi connectivity index (χ3n) is 3.01. The summed E-state index contributed by atoms with van der Waals surface area (Å²) >= 11 is 5.38. The number of hydrogen-bond acceptors (Lipinski definition) is 3. The number of halogens is 1. The molecule has 0 aliphatic carbocycles. The van der Waals surface area contributed by atoms with E-state index in [-0.39, 0.29) is 0 Å². The molecule has 0 bridgehead atoms. The molecule has 102 valence electrons. The summed E-state index contributed by atoms with van der Waals surface area (Å²) in [4.78, 5) is 5.84. The molecule has 0 aliphatic rings. The zero-order valence-electron chi connectivity index (χ0n) is 11.5. The van der Waals surface area contributed by atoms with Gasteiger partial charge in [-0.1, -0.05) is 35.0 Å². The van der Waals surface area contributed by atoms with Gasteiger partial charge < -0.3 is 5.32 Å². The first-order valence-electron chi connectivity index (χ1n) is 6.57. The zero-order valence-corrected chi connectivity index (χ0v) is 13.9. The number of rotatable bonds is 5. The molecule has 1 unspecified atom stereocenters. The molecule has 4 heteroatoms. The Morgan fingerprint density at radius 3 is 2.89 bits per heavy atom. The minimum Gasteiger partial charge on any atom is -0.309 e. The van der Waals surface area contributed by atoms with Gasteiger partial charge in [0.05, 0.1) is 0 Å². The van der Waals surface area contributed by atoms with Crippen LogP contribution in [0.25, 0.3) is 10.6 Å². The zero-order chi connectivity index (χ0) is 13.8. The molecule has 1 heterocycles. The normalized spacial score (nSPS) is 12.6. The summed E-state index contributed by atoms with van der Waals surface area (Å²) in [6, 6.07) is 6.76. The SMILES string of the molecule is CCCNC(C)c1cnc(-c2ccc(C)cc2Br)s1. The lowest BCUT2D eigenvalue weighted by Gasteiger charge is -2.09. The van der Waals surface area contributed by atoms with Gasteiger partial charge in [0, 0.05) is 27.2 Å². The van der Waals surface area contributed by atoms with Gasteiger partial charge in [-0.3, -0.25) is 0 Å². The molecular formula is C15H19BrN2S. The van der Waals surface area contributed by atoms with Gasteiger partial charge in [0.15, 0.2) is 0 Å². The monoisotopic (exact) mass is 338 g/mol. The first kappa shape index (κ1) is 14.7. The second-order valence-electron chi connectivity index (χ2n) is 4.73. The maximum Gasteiger partial charge on any atom is 0.124 e. The third kappa shape index (κ3) is 3.65. The van der Waals surface area contributed by atoms with Crippen molar-refractivity contribution in [3.63, 3.8) is 0 Å². The van der Waals surface area contributed by atoms with Gasteiger partial charge in [0.1, 0.15) is 5.01 Å². The number of benzene rings is 1. The summed E-state index contributed by atoms with van der Waals surface area (Å²) in [6.45, 7) is 7.51. The van der Waals surface area contributed by atoms with Crippen molar-refractivity contribution in [1.82, 2.24) is 10.3 Å². The van der Waals surface area contributed by atoms with Crippen LogP contribution in [-0.2, 0) is 0 Å². The average Bonchev–Trinajstić information content (AvgIpc) is 2.85. The fraction of sp³-hybridized carbons (Fsp3) is 0.400. The maximum absolute atomic E-state index is 4.55. The lowest BCUT2D eigenvalue weighted by molar-refractivity contribution is 0.577. The summed E-state index contributed by atoms with van der Waals surface area (Å²) in [5.41, 5.74) is 2.43. The van der Waals surface area contributed by atoms with E-state index in [4.69, 9.17) is 0 Å². The molecule has 0 aliphatic heterocycles. The van der Waals surface area contributed by atoms with E-state index in [9.17, 15) is 0 Å². The van der Waals surface area contributed by atoms with Crippen LogP contribution >= 0.6 is 27.3 Å². The minimum atomic E-state index is 0.371. The summed E-state index contributed by atoms with van der Waals surface area (Å²) in [7, 11) is 0. The van der Waals surface area contributed by atoms with E-state index in [0.29, 0.717) is 6.04 Å². The number of aromatic nitrogens is 1. The quantitative estimate of drug-likeness (QED) is 0.834. The highest BCUT2D eigenvalue weighted by Crippen LogP contribution is 2.33. The lowest BCUT2D eigenvalue weighted by atomic mass is 10.2. The summed E-state index contributed by atoms with van der Waals surface area (Å²) in [5.74, 6) is 0.